The smallest absolute Gasteiger partial charge is 0.330 e. The fourth-order valence-corrected chi connectivity index (χ4v) is 7.50. The summed E-state index contributed by atoms with van der Waals surface area (Å²) in [6, 6.07) is 7.88. The summed E-state index contributed by atoms with van der Waals surface area (Å²) < 4.78 is 28.0. The Hall–Kier alpha value is -0.930. The maximum absolute atomic E-state index is 12.8. The number of rotatable bonds is 3. The van der Waals surface area contributed by atoms with Crippen molar-refractivity contribution in [1.29, 1.82) is 0 Å². The average molecular weight is 481 g/mol. The predicted molar refractivity (Wildman–Crippen MR) is 94.2 cm³/mol. The van der Waals surface area contributed by atoms with Gasteiger partial charge in [0.15, 0.2) is 18.4 Å². The second-order valence-corrected chi connectivity index (χ2v) is 12.5. The average Bonchev–Trinajstić information content (AvgIpc) is 2.67. The van der Waals surface area contributed by atoms with Gasteiger partial charge in [-0.05, 0) is 19.4 Å². The molecule has 0 unspecified atom stereocenters. The summed E-state index contributed by atoms with van der Waals surface area (Å²) in [5.74, 6) is -1.22. The Morgan fingerprint density at radius 2 is 1.83 bits per heavy atom. The van der Waals surface area contributed by atoms with Gasteiger partial charge in [-0.2, -0.15) is 0 Å². The molecule has 1 aromatic rings. The second kappa shape index (κ2) is 5.54. The molecule has 1 amide bonds. The van der Waals surface area contributed by atoms with E-state index in [1.807, 2.05) is 18.2 Å². The lowest BCUT2D eigenvalue weighted by Crippen LogP contribution is -2.69. The molecule has 0 N–H and O–H groups in total. The Morgan fingerprint density at radius 3 is 2.42 bits per heavy atom. The van der Waals surface area contributed by atoms with E-state index in [-0.39, 0.29) is 6.61 Å². The minimum absolute atomic E-state index is 0.0206. The molecule has 0 aliphatic carbocycles. The van der Waals surface area contributed by atoms with Crippen LogP contribution in [0.15, 0.2) is 30.3 Å². The maximum Gasteiger partial charge on any atom is 0.330 e. The molecule has 0 spiro atoms. The first-order valence-electron chi connectivity index (χ1n) is 7.17. The Kier molecular flexibility index (Phi) is 4.12. The molecule has 2 fully saturated rings. The molecule has 24 heavy (non-hydrogen) atoms. The van der Waals surface area contributed by atoms with Crippen LogP contribution >= 0.6 is 31.9 Å². The molecule has 3 rings (SSSR count). The summed E-state index contributed by atoms with van der Waals surface area (Å²) in [4.78, 5) is 25.9. The third-order valence-electron chi connectivity index (χ3n) is 4.49. The molecule has 2 aliphatic heterocycles. The van der Waals surface area contributed by atoms with Crippen LogP contribution in [-0.4, -0.2) is 44.6 Å². The second-order valence-electron chi connectivity index (χ2n) is 6.33. The minimum Gasteiger partial charge on any atom is -0.459 e. The zero-order chi connectivity index (χ0) is 17.9. The van der Waals surface area contributed by atoms with Crippen LogP contribution in [0, 0.1) is 0 Å². The van der Waals surface area contributed by atoms with Gasteiger partial charge in [0, 0.05) is 0 Å². The highest BCUT2D eigenvalue weighted by molar-refractivity contribution is 9.26. The van der Waals surface area contributed by atoms with Crippen LogP contribution in [0.1, 0.15) is 19.4 Å². The molecule has 9 heteroatoms. The van der Waals surface area contributed by atoms with Crippen molar-refractivity contribution >= 4 is 53.6 Å². The van der Waals surface area contributed by atoms with E-state index in [0.717, 1.165) is 10.5 Å². The van der Waals surface area contributed by atoms with Gasteiger partial charge in [-0.15, -0.1) is 0 Å². The maximum atomic E-state index is 12.8. The summed E-state index contributed by atoms with van der Waals surface area (Å²) in [6.45, 7) is 2.91. The monoisotopic (exact) mass is 479 g/mol. The molecule has 2 aliphatic rings. The molecule has 2 atom stereocenters. The van der Waals surface area contributed by atoms with Gasteiger partial charge >= 0.3 is 5.97 Å². The standard InChI is InChI=1S/C15H15Br2NO5S/c1-14(2)10(11(19)23-8-9-6-4-3-5-7-9)18-12(20)15(16,17)13(18)24(14,21)22/h3-7,10,13H,8H2,1-2H3/t10-,13+/m0/s1. The minimum atomic E-state index is -3.77. The van der Waals surface area contributed by atoms with Crippen molar-refractivity contribution in [2.24, 2.45) is 0 Å². The van der Waals surface area contributed by atoms with E-state index in [1.54, 1.807) is 12.1 Å². The summed E-state index contributed by atoms with van der Waals surface area (Å²) in [6.07, 6.45) is 0. The van der Waals surface area contributed by atoms with Gasteiger partial charge in [0.25, 0.3) is 5.91 Å². The number of carbonyl (C=O) groups is 2. The lowest BCUT2D eigenvalue weighted by Gasteiger charge is -2.45. The fourth-order valence-electron chi connectivity index (χ4n) is 3.07. The van der Waals surface area contributed by atoms with E-state index in [0.29, 0.717) is 0 Å². The quantitative estimate of drug-likeness (QED) is 0.375. The molecule has 0 radical (unpaired) electrons. The van der Waals surface area contributed by atoms with Gasteiger partial charge < -0.3 is 9.64 Å². The first-order chi connectivity index (χ1) is 11.0. The number of sulfone groups is 1. The number of ether oxygens (including phenoxy) is 1. The van der Waals surface area contributed by atoms with E-state index in [9.17, 15) is 18.0 Å². The number of hydrogen-bond donors (Lipinski definition) is 0. The van der Waals surface area contributed by atoms with Crippen LogP contribution in [-0.2, 0) is 30.8 Å². The summed E-state index contributed by atoms with van der Waals surface area (Å²) in [7, 11) is -3.77. The van der Waals surface area contributed by atoms with E-state index >= 15 is 0 Å². The molecule has 0 aromatic heterocycles. The number of fused-ring (bicyclic) bond motifs is 1. The van der Waals surface area contributed by atoms with E-state index in [1.165, 1.54) is 13.8 Å². The van der Waals surface area contributed by atoms with Crippen molar-refractivity contribution in [3.05, 3.63) is 35.9 Å². The number of alkyl halides is 2. The largest absolute Gasteiger partial charge is 0.459 e. The number of carbonyl (C=O) groups excluding carboxylic acids is 2. The Bertz CT molecular complexity index is 806. The highest BCUT2D eigenvalue weighted by atomic mass is 79.9. The van der Waals surface area contributed by atoms with Crippen LogP contribution < -0.4 is 0 Å². The Labute approximate surface area is 156 Å². The van der Waals surface area contributed by atoms with E-state index < -0.39 is 41.1 Å². The van der Waals surface area contributed by atoms with Gasteiger partial charge in [-0.25, -0.2) is 13.2 Å². The molecule has 2 saturated heterocycles. The van der Waals surface area contributed by atoms with Crippen LogP contribution in [0.5, 0.6) is 0 Å². The van der Waals surface area contributed by atoms with E-state index in [4.69, 9.17) is 4.74 Å². The summed E-state index contributed by atoms with van der Waals surface area (Å²) >= 11 is 6.22. The third kappa shape index (κ3) is 2.28. The first kappa shape index (κ1) is 17.9. The normalized spacial score (nSPS) is 28.8. The van der Waals surface area contributed by atoms with Crippen molar-refractivity contribution in [2.75, 3.05) is 0 Å². The van der Waals surface area contributed by atoms with Gasteiger partial charge in [-0.3, -0.25) is 4.79 Å². The Balaban J connectivity index is 1.87. The SMILES string of the molecule is CC1(C)[C@H](C(=O)OCc2ccccc2)N2C(=O)C(Br)(Br)[C@H]2S1(=O)=O. The number of benzene rings is 1. The first-order valence-corrected chi connectivity index (χ1v) is 10.3. The molecule has 0 saturated carbocycles. The lowest BCUT2D eigenvalue weighted by molar-refractivity contribution is -0.162. The number of β-lactam (4-membered cyclic amide) rings is 1. The highest BCUT2D eigenvalue weighted by Gasteiger charge is 2.77. The predicted octanol–water partition coefficient (Wildman–Crippen LogP) is 1.96. The molecular formula is C15H15Br2NO5S. The number of amides is 1. The fraction of sp³-hybridized carbons (Fsp3) is 0.467. The van der Waals surface area contributed by atoms with Crippen LogP contribution in [0.25, 0.3) is 0 Å². The zero-order valence-electron chi connectivity index (χ0n) is 12.9. The molecule has 0 bridgehead atoms. The number of nitrogens with zero attached hydrogens (tertiary/aromatic N) is 1. The molecule has 6 nitrogen and oxygen atoms in total. The number of hydrogen-bond acceptors (Lipinski definition) is 5. The molecule has 130 valence electrons. The van der Waals surface area contributed by atoms with Crippen molar-refractivity contribution in [3.63, 3.8) is 0 Å². The summed E-state index contributed by atoms with van der Waals surface area (Å²) in [5.41, 5.74) is 0.784. The van der Waals surface area contributed by atoms with Gasteiger partial charge in [0.2, 0.25) is 0 Å². The van der Waals surface area contributed by atoms with Gasteiger partial charge in [0.1, 0.15) is 17.4 Å². The molecule has 2 heterocycles. The van der Waals surface area contributed by atoms with Gasteiger partial charge in [-0.1, -0.05) is 62.2 Å². The number of halogens is 2. The van der Waals surface area contributed by atoms with Crippen LogP contribution in [0.2, 0.25) is 0 Å². The van der Waals surface area contributed by atoms with Crippen LogP contribution in [0.3, 0.4) is 0 Å². The topological polar surface area (TPSA) is 80.8 Å². The van der Waals surface area contributed by atoms with E-state index in [2.05, 4.69) is 31.9 Å². The van der Waals surface area contributed by atoms with Gasteiger partial charge in [0.05, 0.1) is 0 Å². The molecule has 1 aromatic carbocycles. The highest BCUT2D eigenvalue weighted by Crippen LogP contribution is 2.56. The summed E-state index contributed by atoms with van der Waals surface area (Å²) in [5, 5.41) is -1.14. The van der Waals surface area contributed by atoms with Crippen molar-refractivity contribution in [2.45, 2.75) is 39.9 Å². The molecular weight excluding hydrogens is 466 g/mol. The van der Waals surface area contributed by atoms with Crippen molar-refractivity contribution < 1.29 is 22.7 Å². The van der Waals surface area contributed by atoms with Crippen molar-refractivity contribution in [1.82, 2.24) is 4.90 Å². The third-order valence-corrected chi connectivity index (χ3v) is 9.50. The lowest BCUT2D eigenvalue weighted by atomic mass is 9.98. The number of esters is 1. The van der Waals surface area contributed by atoms with Crippen molar-refractivity contribution in [3.8, 4) is 0 Å². The zero-order valence-corrected chi connectivity index (χ0v) is 16.9. The Morgan fingerprint density at radius 1 is 1.25 bits per heavy atom. The van der Waals surface area contributed by atoms with Crippen LogP contribution in [0.4, 0.5) is 0 Å².